The first-order valence-electron chi connectivity index (χ1n) is 4.81. The summed E-state index contributed by atoms with van der Waals surface area (Å²) in [7, 11) is 0. The Morgan fingerprint density at radius 2 is 2.27 bits per heavy atom. The van der Waals surface area contributed by atoms with Gasteiger partial charge in [-0.15, -0.1) is 0 Å². The third kappa shape index (κ3) is 1.64. The highest BCUT2D eigenvalue weighted by Gasteiger charge is 2.07. The summed E-state index contributed by atoms with van der Waals surface area (Å²) >= 11 is 0. The van der Waals surface area contributed by atoms with E-state index in [1.165, 1.54) is 6.07 Å². The summed E-state index contributed by atoms with van der Waals surface area (Å²) in [5.74, 6) is 5.07. The van der Waals surface area contributed by atoms with Gasteiger partial charge in [-0.1, -0.05) is 19.1 Å². The molecule has 0 aliphatic rings. The number of nitrogens with one attached hydrogen (secondary N) is 1. The molecule has 2 rings (SSSR count). The van der Waals surface area contributed by atoms with Crippen LogP contribution < -0.4 is 11.3 Å². The summed E-state index contributed by atoms with van der Waals surface area (Å²) in [6.07, 6.45) is 0.749. The molecule has 0 amide bonds. The molecule has 0 saturated carbocycles. The molecule has 15 heavy (non-hydrogen) atoms. The number of rotatable bonds is 2. The van der Waals surface area contributed by atoms with Crippen LogP contribution in [0.2, 0.25) is 0 Å². The van der Waals surface area contributed by atoms with Crippen LogP contribution in [0.3, 0.4) is 0 Å². The van der Waals surface area contributed by atoms with Crippen LogP contribution in [0.4, 0.5) is 10.1 Å². The number of hydrogen-bond acceptors (Lipinski definition) is 3. The predicted molar refractivity (Wildman–Crippen MR) is 58.9 cm³/mol. The Morgan fingerprint density at radius 1 is 1.47 bits per heavy atom. The summed E-state index contributed by atoms with van der Waals surface area (Å²) in [6.45, 7) is 1.97. The van der Waals surface area contributed by atoms with Gasteiger partial charge in [0, 0.05) is 11.1 Å². The van der Waals surface area contributed by atoms with Crippen molar-refractivity contribution in [1.29, 1.82) is 0 Å². The molecule has 4 heteroatoms. The Kier molecular flexibility index (Phi) is 2.51. The molecule has 0 bridgehead atoms. The van der Waals surface area contributed by atoms with Crippen LogP contribution in [0.15, 0.2) is 24.3 Å². The van der Waals surface area contributed by atoms with Crippen LogP contribution in [0, 0.1) is 5.82 Å². The molecule has 2 aromatic rings. The lowest BCUT2D eigenvalue weighted by Crippen LogP contribution is -2.08. The lowest BCUT2D eigenvalue weighted by molar-refractivity contribution is 0.636. The fourth-order valence-electron chi connectivity index (χ4n) is 1.57. The highest BCUT2D eigenvalue weighted by atomic mass is 19.1. The molecule has 0 aliphatic carbocycles. The molecule has 0 radical (unpaired) electrons. The Morgan fingerprint density at radius 3 is 2.93 bits per heavy atom. The second kappa shape index (κ2) is 3.82. The molecule has 0 unspecified atom stereocenters. The van der Waals surface area contributed by atoms with Gasteiger partial charge < -0.3 is 5.43 Å². The number of para-hydroxylation sites is 1. The van der Waals surface area contributed by atoms with Crippen molar-refractivity contribution in [3.63, 3.8) is 0 Å². The minimum absolute atomic E-state index is 0.320. The molecule has 1 aromatic carbocycles. The number of nitrogens with two attached hydrogens (primary N) is 1. The molecule has 1 heterocycles. The quantitative estimate of drug-likeness (QED) is 0.584. The fourth-order valence-corrected chi connectivity index (χ4v) is 1.57. The molecule has 0 atom stereocenters. The van der Waals surface area contributed by atoms with Crippen molar-refractivity contribution in [3.8, 4) is 0 Å². The van der Waals surface area contributed by atoms with Crippen molar-refractivity contribution in [1.82, 2.24) is 4.98 Å². The van der Waals surface area contributed by atoms with E-state index in [1.807, 2.05) is 13.0 Å². The molecule has 78 valence electrons. The number of hydrogen-bond donors (Lipinski definition) is 2. The zero-order valence-corrected chi connectivity index (χ0v) is 8.42. The van der Waals surface area contributed by atoms with Gasteiger partial charge in [-0.3, -0.25) is 5.84 Å². The van der Waals surface area contributed by atoms with E-state index >= 15 is 0 Å². The third-order valence-electron chi connectivity index (χ3n) is 2.36. The number of fused-ring (bicyclic) bond motifs is 1. The third-order valence-corrected chi connectivity index (χ3v) is 2.36. The Bertz CT molecular complexity index is 496. The van der Waals surface area contributed by atoms with E-state index in [1.54, 1.807) is 12.1 Å². The van der Waals surface area contributed by atoms with Gasteiger partial charge in [-0.05, 0) is 18.6 Å². The van der Waals surface area contributed by atoms with E-state index in [2.05, 4.69) is 10.4 Å². The highest BCUT2D eigenvalue weighted by Crippen LogP contribution is 2.24. The van der Waals surface area contributed by atoms with Gasteiger partial charge in [0.25, 0.3) is 0 Å². The maximum Gasteiger partial charge on any atom is 0.149 e. The monoisotopic (exact) mass is 205 g/mol. The first-order chi connectivity index (χ1) is 7.26. The number of hydrazine groups is 1. The molecule has 3 nitrogen and oxygen atoms in total. The first kappa shape index (κ1) is 9.86. The fraction of sp³-hybridized carbons (Fsp3) is 0.182. The van der Waals surface area contributed by atoms with Crippen molar-refractivity contribution >= 4 is 16.6 Å². The molecular weight excluding hydrogens is 193 g/mol. The van der Waals surface area contributed by atoms with Gasteiger partial charge in [-0.2, -0.15) is 0 Å². The number of nitrogen functional groups attached to an aromatic ring is 1. The number of pyridine rings is 1. The maximum absolute atomic E-state index is 13.5. The van der Waals surface area contributed by atoms with Gasteiger partial charge in [0.1, 0.15) is 11.3 Å². The van der Waals surface area contributed by atoms with Gasteiger partial charge in [0.15, 0.2) is 0 Å². The standard InChI is InChI=1S/C11H12FN3/c1-2-7-6-10(15-13)8-4-3-5-9(12)11(8)14-7/h3-6H,2,13H2,1H3,(H,14,15). The van der Waals surface area contributed by atoms with Crippen LogP contribution in [-0.4, -0.2) is 4.98 Å². The number of aromatic nitrogens is 1. The molecule has 0 saturated heterocycles. The van der Waals surface area contributed by atoms with Crippen molar-refractivity contribution in [2.75, 3.05) is 5.43 Å². The van der Waals surface area contributed by atoms with Crippen LogP contribution >= 0.6 is 0 Å². The second-order valence-corrected chi connectivity index (χ2v) is 3.30. The average Bonchev–Trinajstić information content (AvgIpc) is 2.28. The number of benzene rings is 1. The average molecular weight is 205 g/mol. The van der Waals surface area contributed by atoms with E-state index in [0.29, 0.717) is 16.6 Å². The van der Waals surface area contributed by atoms with Crippen LogP contribution in [0.5, 0.6) is 0 Å². The molecule has 0 aliphatic heterocycles. The van der Waals surface area contributed by atoms with Crippen molar-refractivity contribution in [3.05, 3.63) is 35.8 Å². The maximum atomic E-state index is 13.5. The van der Waals surface area contributed by atoms with E-state index in [9.17, 15) is 4.39 Å². The Hall–Kier alpha value is -1.68. The molecule has 0 fully saturated rings. The Balaban J connectivity index is 2.80. The van der Waals surface area contributed by atoms with E-state index in [4.69, 9.17) is 5.84 Å². The summed E-state index contributed by atoms with van der Waals surface area (Å²) in [5.41, 5.74) is 4.46. The van der Waals surface area contributed by atoms with Gasteiger partial charge >= 0.3 is 0 Å². The van der Waals surface area contributed by atoms with Crippen LogP contribution in [0.1, 0.15) is 12.6 Å². The lowest BCUT2D eigenvalue weighted by atomic mass is 10.1. The SMILES string of the molecule is CCc1cc(NN)c2cccc(F)c2n1. The minimum Gasteiger partial charge on any atom is -0.323 e. The molecule has 3 N–H and O–H groups in total. The normalized spacial score (nSPS) is 10.6. The number of nitrogens with zero attached hydrogens (tertiary/aromatic N) is 1. The molecular formula is C11H12FN3. The van der Waals surface area contributed by atoms with Gasteiger partial charge in [0.2, 0.25) is 0 Å². The topological polar surface area (TPSA) is 50.9 Å². The molecule has 0 spiro atoms. The highest BCUT2D eigenvalue weighted by molar-refractivity contribution is 5.91. The van der Waals surface area contributed by atoms with Crippen molar-refractivity contribution in [2.45, 2.75) is 13.3 Å². The van der Waals surface area contributed by atoms with E-state index < -0.39 is 0 Å². The van der Waals surface area contributed by atoms with E-state index in [0.717, 1.165) is 12.1 Å². The zero-order chi connectivity index (χ0) is 10.8. The van der Waals surface area contributed by atoms with Crippen LogP contribution in [-0.2, 0) is 6.42 Å². The summed E-state index contributed by atoms with van der Waals surface area (Å²) in [6, 6.07) is 6.67. The second-order valence-electron chi connectivity index (χ2n) is 3.30. The van der Waals surface area contributed by atoms with Gasteiger partial charge in [0.05, 0.1) is 5.69 Å². The number of aryl methyl sites for hydroxylation is 1. The largest absolute Gasteiger partial charge is 0.323 e. The lowest BCUT2D eigenvalue weighted by Gasteiger charge is -2.08. The smallest absolute Gasteiger partial charge is 0.149 e. The first-order valence-corrected chi connectivity index (χ1v) is 4.81. The molecule has 1 aromatic heterocycles. The summed E-state index contributed by atoms with van der Waals surface area (Å²) < 4.78 is 13.5. The zero-order valence-electron chi connectivity index (χ0n) is 8.42. The van der Waals surface area contributed by atoms with Crippen molar-refractivity contribution in [2.24, 2.45) is 5.84 Å². The number of anilines is 1. The minimum atomic E-state index is -0.320. The van der Waals surface area contributed by atoms with Crippen molar-refractivity contribution < 1.29 is 4.39 Å². The van der Waals surface area contributed by atoms with E-state index in [-0.39, 0.29) is 5.82 Å². The Labute approximate surface area is 87.1 Å². The summed E-state index contributed by atoms with van der Waals surface area (Å²) in [5, 5.41) is 0.703. The predicted octanol–water partition coefficient (Wildman–Crippen LogP) is 2.22. The van der Waals surface area contributed by atoms with Crippen LogP contribution in [0.25, 0.3) is 10.9 Å². The number of halogens is 1. The summed E-state index contributed by atoms with van der Waals surface area (Å²) in [4.78, 5) is 4.23. The van der Waals surface area contributed by atoms with Gasteiger partial charge in [-0.25, -0.2) is 9.37 Å².